The molecule has 0 spiro atoms. The minimum absolute atomic E-state index is 0.176. The van der Waals surface area contributed by atoms with Gasteiger partial charge in [-0.1, -0.05) is 40.5 Å². The Morgan fingerprint density at radius 2 is 2.09 bits per heavy atom. The van der Waals surface area contributed by atoms with Crippen molar-refractivity contribution in [1.29, 1.82) is 0 Å². The van der Waals surface area contributed by atoms with Crippen molar-refractivity contribution in [3.8, 4) is 0 Å². The topological polar surface area (TPSA) is 50.4 Å². The van der Waals surface area contributed by atoms with Crippen LogP contribution in [0.3, 0.4) is 0 Å². The highest BCUT2D eigenvalue weighted by Crippen LogP contribution is 2.21. The maximum absolute atomic E-state index is 11.7. The number of benzene rings is 1. The Labute approximate surface area is 146 Å². The molecule has 0 aliphatic heterocycles. The molecule has 22 heavy (non-hydrogen) atoms. The van der Waals surface area contributed by atoms with Gasteiger partial charge in [0.1, 0.15) is 5.60 Å². The zero-order valence-electron chi connectivity index (χ0n) is 13.5. The van der Waals surface area contributed by atoms with Gasteiger partial charge in [-0.05, 0) is 44.9 Å². The van der Waals surface area contributed by atoms with Gasteiger partial charge >= 0.3 is 6.09 Å². The second-order valence-electron chi connectivity index (χ2n) is 6.10. The maximum atomic E-state index is 11.7. The minimum Gasteiger partial charge on any atom is -0.444 e. The first-order chi connectivity index (χ1) is 10.2. The quantitative estimate of drug-likeness (QED) is 0.751. The third-order valence-corrected chi connectivity index (χ3v) is 3.95. The molecule has 1 unspecified atom stereocenters. The third kappa shape index (κ3) is 7.47. The zero-order chi connectivity index (χ0) is 16.8. The van der Waals surface area contributed by atoms with Gasteiger partial charge < -0.3 is 15.4 Å². The van der Waals surface area contributed by atoms with Crippen LogP contribution in [0, 0.1) is 0 Å². The highest BCUT2D eigenvalue weighted by atomic mass is 79.9. The molecule has 4 nitrogen and oxygen atoms in total. The van der Waals surface area contributed by atoms with Crippen LogP contribution in [-0.4, -0.2) is 24.3 Å². The molecule has 0 saturated carbocycles. The van der Waals surface area contributed by atoms with Crippen LogP contribution < -0.4 is 10.6 Å². The normalized spacial score (nSPS) is 12.8. The van der Waals surface area contributed by atoms with Gasteiger partial charge in [-0.2, -0.15) is 0 Å². The first-order valence-corrected chi connectivity index (χ1v) is 8.52. The molecular formula is C16H24BrClN2O2. The number of ether oxygens (including phenoxy) is 1. The smallest absolute Gasteiger partial charge is 0.407 e. The third-order valence-electron chi connectivity index (χ3n) is 2.98. The molecule has 1 rings (SSSR count). The number of hydrogen-bond acceptors (Lipinski definition) is 3. The van der Waals surface area contributed by atoms with Gasteiger partial charge in [0.25, 0.3) is 0 Å². The Balaban J connectivity index is 2.43. The van der Waals surface area contributed by atoms with Gasteiger partial charge in [-0.15, -0.1) is 0 Å². The van der Waals surface area contributed by atoms with Crippen LogP contribution in [0.2, 0.25) is 5.02 Å². The van der Waals surface area contributed by atoms with E-state index in [1.54, 1.807) is 0 Å². The van der Waals surface area contributed by atoms with Crippen LogP contribution in [0.25, 0.3) is 0 Å². The standard InChI is InChI=1S/C16H24BrClN2O2/c1-5-13(10-20-15(21)22-16(2,3)4)19-9-11-6-7-12(18)8-14(11)17/h6-8,13,19H,5,9-10H2,1-4H3,(H,20,21). The number of rotatable bonds is 6. The van der Waals surface area contributed by atoms with Crippen LogP contribution in [-0.2, 0) is 11.3 Å². The van der Waals surface area contributed by atoms with Crippen molar-refractivity contribution in [1.82, 2.24) is 10.6 Å². The summed E-state index contributed by atoms with van der Waals surface area (Å²) >= 11 is 9.43. The molecule has 0 saturated heterocycles. The lowest BCUT2D eigenvalue weighted by atomic mass is 10.2. The molecule has 0 aliphatic carbocycles. The Hall–Kier alpha value is -0.780. The number of halogens is 2. The molecule has 0 aliphatic rings. The molecule has 0 radical (unpaired) electrons. The Morgan fingerprint density at radius 1 is 1.41 bits per heavy atom. The summed E-state index contributed by atoms with van der Waals surface area (Å²) in [5.74, 6) is 0. The van der Waals surface area contributed by atoms with Crippen molar-refractivity contribution in [2.75, 3.05) is 6.54 Å². The van der Waals surface area contributed by atoms with E-state index in [2.05, 4.69) is 33.5 Å². The predicted molar refractivity (Wildman–Crippen MR) is 94.3 cm³/mol. The molecule has 0 bridgehead atoms. The number of amides is 1. The highest BCUT2D eigenvalue weighted by Gasteiger charge is 2.17. The lowest BCUT2D eigenvalue weighted by Gasteiger charge is -2.22. The number of carbonyl (C=O) groups excluding carboxylic acids is 1. The lowest BCUT2D eigenvalue weighted by molar-refractivity contribution is 0.0522. The van der Waals surface area contributed by atoms with E-state index in [1.165, 1.54) is 0 Å². The summed E-state index contributed by atoms with van der Waals surface area (Å²) in [6.07, 6.45) is 0.515. The summed E-state index contributed by atoms with van der Waals surface area (Å²) < 4.78 is 6.20. The summed E-state index contributed by atoms with van der Waals surface area (Å²) in [6.45, 7) is 8.84. The SMILES string of the molecule is CCC(CNC(=O)OC(C)(C)C)NCc1ccc(Cl)cc1Br. The van der Waals surface area contributed by atoms with Gasteiger partial charge in [-0.3, -0.25) is 0 Å². The first-order valence-electron chi connectivity index (χ1n) is 7.35. The van der Waals surface area contributed by atoms with Gasteiger partial charge in [0.05, 0.1) is 0 Å². The van der Waals surface area contributed by atoms with Crippen LogP contribution >= 0.6 is 27.5 Å². The van der Waals surface area contributed by atoms with Crippen LogP contribution in [0.1, 0.15) is 39.7 Å². The highest BCUT2D eigenvalue weighted by molar-refractivity contribution is 9.10. The second kappa shape index (κ2) is 8.75. The van der Waals surface area contributed by atoms with Crippen molar-refractivity contribution < 1.29 is 9.53 Å². The number of alkyl carbamates (subject to hydrolysis) is 1. The van der Waals surface area contributed by atoms with Crippen molar-refractivity contribution in [3.63, 3.8) is 0 Å². The van der Waals surface area contributed by atoms with Crippen LogP contribution in [0.5, 0.6) is 0 Å². The Bertz CT molecular complexity index is 503. The van der Waals surface area contributed by atoms with Gasteiger partial charge in [-0.25, -0.2) is 4.79 Å². The molecule has 1 atom stereocenters. The second-order valence-corrected chi connectivity index (χ2v) is 7.40. The summed E-state index contributed by atoms with van der Waals surface area (Å²) in [7, 11) is 0. The summed E-state index contributed by atoms with van der Waals surface area (Å²) in [5.41, 5.74) is 0.646. The number of nitrogens with one attached hydrogen (secondary N) is 2. The van der Waals surface area contributed by atoms with E-state index in [9.17, 15) is 4.79 Å². The van der Waals surface area contributed by atoms with E-state index in [0.717, 1.165) is 16.5 Å². The van der Waals surface area contributed by atoms with E-state index in [-0.39, 0.29) is 12.1 Å². The molecule has 0 aromatic heterocycles. The minimum atomic E-state index is -0.479. The van der Waals surface area contributed by atoms with Gasteiger partial charge in [0, 0.05) is 28.6 Å². The van der Waals surface area contributed by atoms with Gasteiger partial charge in [0.15, 0.2) is 0 Å². The molecule has 0 heterocycles. The fraction of sp³-hybridized carbons (Fsp3) is 0.562. The molecule has 1 aromatic rings. The van der Waals surface area contributed by atoms with Gasteiger partial charge in [0.2, 0.25) is 0 Å². The van der Waals surface area contributed by atoms with E-state index >= 15 is 0 Å². The van der Waals surface area contributed by atoms with Crippen molar-refractivity contribution >= 4 is 33.6 Å². The first kappa shape index (κ1) is 19.3. The van der Waals surface area contributed by atoms with Crippen molar-refractivity contribution in [3.05, 3.63) is 33.3 Å². The lowest BCUT2D eigenvalue weighted by Crippen LogP contribution is -2.42. The largest absolute Gasteiger partial charge is 0.444 e. The Morgan fingerprint density at radius 3 is 2.64 bits per heavy atom. The molecular weight excluding hydrogens is 368 g/mol. The molecule has 2 N–H and O–H groups in total. The fourth-order valence-electron chi connectivity index (χ4n) is 1.80. The van der Waals surface area contributed by atoms with E-state index < -0.39 is 5.60 Å². The summed E-state index contributed by atoms with van der Waals surface area (Å²) in [5, 5.41) is 6.92. The Kier molecular flexibility index (Phi) is 7.66. The van der Waals surface area contributed by atoms with Crippen LogP contribution in [0.4, 0.5) is 4.79 Å². The molecule has 6 heteroatoms. The summed E-state index contributed by atoms with van der Waals surface area (Å²) in [6, 6.07) is 5.89. The average molecular weight is 392 g/mol. The average Bonchev–Trinajstić information content (AvgIpc) is 2.38. The summed E-state index contributed by atoms with van der Waals surface area (Å²) in [4.78, 5) is 11.7. The predicted octanol–water partition coefficient (Wildman–Crippen LogP) is 4.50. The fourth-order valence-corrected chi connectivity index (χ4v) is 2.62. The number of carbonyl (C=O) groups is 1. The molecule has 124 valence electrons. The number of hydrogen-bond donors (Lipinski definition) is 2. The van der Waals surface area contributed by atoms with E-state index in [0.29, 0.717) is 18.1 Å². The van der Waals surface area contributed by atoms with E-state index in [4.69, 9.17) is 16.3 Å². The monoisotopic (exact) mass is 390 g/mol. The molecule has 1 amide bonds. The molecule has 0 fully saturated rings. The van der Waals surface area contributed by atoms with Crippen molar-refractivity contribution in [2.45, 2.75) is 52.3 Å². The van der Waals surface area contributed by atoms with E-state index in [1.807, 2.05) is 39.0 Å². The maximum Gasteiger partial charge on any atom is 0.407 e. The molecule has 1 aromatic carbocycles. The van der Waals surface area contributed by atoms with Crippen LogP contribution in [0.15, 0.2) is 22.7 Å². The van der Waals surface area contributed by atoms with Crippen molar-refractivity contribution in [2.24, 2.45) is 0 Å². The zero-order valence-corrected chi connectivity index (χ0v) is 15.8.